The molecule has 168 valence electrons. The van der Waals surface area contributed by atoms with Gasteiger partial charge in [0.2, 0.25) is 15.9 Å². The number of rotatable bonds is 7. The van der Waals surface area contributed by atoms with E-state index >= 15 is 0 Å². The molecule has 4 rings (SSSR count). The zero-order valence-corrected chi connectivity index (χ0v) is 19.7. The summed E-state index contributed by atoms with van der Waals surface area (Å²) in [6, 6.07) is 16.4. The van der Waals surface area contributed by atoms with Gasteiger partial charge >= 0.3 is 0 Å². The van der Waals surface area contributed by atoms with Gasteiger partial charge in [-0.25, -0.2) is 13.4 Å². The summed E-state index contributed by atoms with van der Waals surface area (Å²) in [6.07, 6.45) is 3.73. The third kappa shape index (κ3) is 5.09. The van der Waals surface area contributed by atoms with Crippen molar-refractivity contribution in [2.75, 3.05) is 18.0 Å². The van der Waals surface area contributed by atoms with Gasteiger partial charge < -0.3 is 0 Å². The van der Waals surface area contributed by atoms with Crippen molar-refractivity contribution in [2.24, 2.45) is 0 Å². The molecule has 6 nitrogen and oxygen atoms in total. The zero-order valence-electron chi connectivity index (χ0n) is 18.1. The van der Waals surface area contributed by atoms with Crippen molar-refractivity contribution in [1.29, 1.82) is 0 Å². The Labute approximate surface area is 193 Å². The Bertz CT molecular complexity index is 1150. The number of carbonyl (C=O) groups excluding carboxylic acids is 1. The summed E-state index contributed by atoms with van der Waals surface area (Å²) < 4.78 is 27.2. The molecule has 32 heavy (non-hydrogen) atoms. The van der Waals surface area contributed by atoms with E-state index in [9.17, 15) is 13.2 Å². The van der Waals surface area contributed by atoms with Crippen LogP contribution in [0.3, 0.4) is 0 Å². The molecule has 1 aliphatic heterocycles. The first kappa shape index (κ1) is 22.6. The van der Waals surface area contributed by atoms with E-state index in [4.69, 9.17) is 0 Å². The summed E-state index contributed by atoms with van der Waals surface area (Å²) in [5.74, 6) is -0.0458. The average Bonchev–Trinajstić information content (AvgIpc) is 3.25. The Balaban J connectivity index is 1.45. The topological polar surface area (TPSA) is 70.6 Å². The predicted molar refractivity (Wildman–Crippen MR) is 128 cm³/mol. The highest BCUT2D eigenvalue weighted by molar-refractivity contribution is 7.89. The first-order valence-corrected chi connectivity index (χ1v) is 13.2. The molecular weight excluding hydrogens is 442 g/mol. The van der Waals surface area contributed by atoms with Gasteiger partial charge in [-0.2, -0.15) is 4.31 Å². The van der Waals surface area contributed by atoms with Crippen molar-refractivity contribution in [3.63, 3.8) is 0 Å². The Kier molecular flexibility index (Phi) is 7.03. The van der Waals surface area contributed by atoms with E-state index in [1.165, 1.54) is 11.3 Å². The fraction of sp³-hybridized carbons (Fsp3) is 0.333. The van der Waals surface area contributed by atoms with E-state index in [1.54, 1.807) is 21.3 Å². The third-order valence-electron chi connectivity index (χ3n) is 5.57. The first-order valence-electron chi connectivity index (χ1n) is 10.8. The van der Waals surface area contributed by atoms with Crippen LogP contribution in [0.2, 0.25) is 0 Å². The average molecular weight is 470 g/mol. The minimum atomic E-state index is -3.44. The van der Waals surface area contributed by atoms with Crippen LogP contribution in [0.5, 0.6) is 0 Å². The van der Waals surface area contributed by atoms with Crippen LogP contribution in [0, 0.1) is 6.92 Å². The number of hydrogen-bond acceptors (Lipinski definition) is 5. The lowest BCUT2D eigenvalue weighted by Gasteiger charge is -2.25. The number of amides is 1. The summed E-state index contributed by atoms with van der Waals surface area (Å²) in [4.78, 5) is 19.6. The molecule has 1 fully saturated rings. The molecule has 0 bridgehead atoms. The molecule has 0 aliphatic carbocycles. The molecule has 1 saturated heterocycles. The summed E-state index contributed by atoms with van der Waals surface area (Å²) in [5.41, 5.74) is 2.60. The molecule has 1 amide bonds. The molecule has 0 N–H and O–H groups in total. The number of thiazole rings is 1. The summed E-state index contributed by atoms with van der Waals surface area (Å²) in [6.45, 7) is 3.08. The lowest BCUT2D eigenvalue weighted by Crippen LogP contribution is -2.35. The maximum Gasteiger partial charge on any atom is 0.243 e. The summed E-state index contributed by atoms with van der Waals surface area (Å²) >= 11 is 1.44. The number of nitrogens with zero attached hydrogens (tertiary/aromatic N) is 3. The molecule has 0 radical (unpaired) electrons. The first-order chi connectivity index (χ1) is 15.4. The molecule has 2 aromatic carbocycles. The smallest absolute Gasteiger partial charge is 0.243 e. The standard InChI is InChI=1S/C24H27N3O3S2/c1-19-18-31-24(25-19)27(21-8-4-2-5-9-21)23(28)15-12-20-10-13-22(14-11-20)32(29,30)26-16-6-3-7-17-26/h2,4-5,8-11,13-14,18H,3,6-7,12,15-17H2,1H3. The molecule has 0 unspecified atom stereocenters. The predicted octanol–water partition coefficient (Wildman–Crippen LogP) is 4.92. The SMILES string of the molecule is Cc1csc(N(C(=O)CCc2ccc(S(=O)(=O)N3CCCCC3)cc2)c2ccccc2)n1. The molecule has 2 heterocycles. The maximum atomic E-state index is 13.1. The van der Waals surface area contributed by atoms with Crippen LogP contribution in [0.25, 0.3) is 0 Å². The molecule has 0 saturated carbocycles. The Morgan fingerprint density at radius 2 is 1.72 bits per heavy atom. The van der Waals surface area contributed by atoms with Gasteiger partial charge in [-0.15, -0.1) is 11.3 Å². The van der Waals surface area contributed by atoms with Gasteiger partial charge in [0.15, 0.2) is 5.13 Å². The molecule has 1 aromatic heterocycles. The van der Waals surface area contributed by atoms with Gasteiger partial charge in [0.1, 0.15) is 0 Å². The largest absolute Gasteiger partial charge is 0.274 e. The summed E-state index contributed by atoms with van der Waals surface area (Å²) in [7, 11) is -3.44. The molecule has 1 aliphatic rings. The molecule has 3 aromatic rings. The number of benzene rings is 2. The van der Waals surface area contributed by atoms with E-state index < -0.39 is 10.0 Å². The van der Waals surface area contributed by atoms with Crippen molar-refractivity contribution in [3.05, 3.63) is 71.2 Å². The molecular formula is C24H27N3O3S2. The van der Waals surface area contributed by atoms with E-state index in [0.29, 0.717) is 36.0 Å². The number of carbonyl (C=O) groups is 1. The van der Waals surface area contributed by atoms with Crippen LogP contribution in [0.1, 0.15) is 36.9 Å². The third-order valence-corrected chi connectivity index (χ3v) is 8.42. The number of sulfonamides is 1. The van der Waals surface area contributed by atoms with Crippen molar-refractivity contribution in [2.45, 2.75) is 43.9 Å². The van der Waals surface area contributed by atoms with E-state index in [0.717, 1.165) is 36.2 Å². The normalized spacial score (nSPS) is 14.9. The second-order valence-electron chi connectivity index (χ2n) is 7.94. The van der Waals surface area contributed by atoms with Crippen molar-refractivity contribution < 1.29 is 13.2 Å². The number of aryl methyl sites for hydroxylation is 2. The van der Waals surface area contributed by atoms with Crippen LogP contribution >= 0.6 is 11.3 Å². The van der Waals surface area contributed by atoms with Crippen molar-refractivity contribution >= 4 is 38.1 Å². The number of aromatic nitrogens is 1. The zero-order chi connectivity index (χ0) is 22.6. The second kappa shape index (κ2) is 9.94. The second-order valence-corrected chi connectivity index (χ2v) is 10.7. The number of piperidine rings is 1. The van der Waals surface area contributed by atoms with Gasteiger partial charge in [-0.3, -0.25) is 9.69 Å². The highest BCUT2D eigenvalue weighted by atomic mass is 32.2. The minimum absolute atomic E-state index is 0.0458. The van der Waals surface area contributed by atoms with Crippen LogP contribution in [-0.2, 0) is 21.2 Å². The highest BCUT2D eigenvalue weighted by Gasteiger charge is 2.26. The van der Waals surface area contributed by atoms with Crippen LogP contribution in [0.4, 0.5) is 10.8 Å². The Morgan fingerprint density at radius 3 is 2.34 bits per heavy atom. The maximum absolute atomic E-state index is 13.1. The fourth-order valence-electron chi connectivity index (χ4n) is 3.83. The molecule has 8 heteroatoms. The lowest BCUT2D eigenvalue weighted by molar-refractivity contribution is -0.117. The van der Waals surface area contributed by atoms with Gasteiger partial charge in [0, 0.05) is 24.9 Å². The minimum Gasteiger partial charge on any atom is -0.274 e. The quantitative estimate of drug-likeness (QED) is 0.492. The number of anilines is 2. The molecule has 0 spiro atoms. The van der Waals surface area contributed by atoms with Gasteiger partial charge in [0.05, 0.1) is 16.3 Å². The lowest BCUT2D eigenvalue weighted by atomic mass is 10.1. The van der Waals surface area contributed by atoms with Crippen molar-refractivity contribution in [1.82, 2.24) is 9.29 Å². The number of para-hydroxylation sites is 1. The Hall–Kier alpha value is -2.55. The van der Waals surface area contributed by atoms with E-state index in [2.05, 4.69) is 4.98 Å². The summed E-state index contributed by atoms with van der Waals surface area (Å²) in [5, 5.41) is 2.58. The van der Waals surface area contributed by atoms with Gasteiger partial charge in [0.25, 0.3) is 0 Å². The van der Waals surface area contributed by atoms with Crippen molar-refractivity contribution in [3.8, 4) is 0 Å². The number of hydrogen-bond donors (Lipinski definition) is 0. The monoisotopic (exact) mass is 469 g/mol. The van der Waals surface area contributed by atoms with Gasteiger partial charge in [-0.05, 0) is 56.0 Å². The van der Waals surface area contributed by atoms with Crippen LogP contribution in [-0.4, -0.2) is 36.7 Å². The van der Waals surface area contributed by atoms with Gasteiger partial charge in [-0.1, -0.05) is 36.8 Å². The van der Waals surface area contributed by atoms with Crippen LogP contribution < -0.4 is 4.90 Å². The Morgan fingerprint density at radius 1 is 1.03 bits per heavy atom. The van der Waals surface area contributed by atoms with E-state index in [1.807, 2.05) is 54.8 Å². The van der Waals surface area contributed by atoms with Crippen LogP contribution in [0.15, 0.2) is 64.9 Å². The highest BCUT2D eigenvalue weighted by Crippen LogP contribution is 2.29. The molecule has 0 atom stereocenters. The van der Waals surface area contributed by atoms with E-state index in [-0.39, 0.29) is 5.91 Å². The fourth-order valence-corrected chi connectivity index (χ4v) is 6.18.